The quantitative estimate of drug-likeness (QED) is 0.623. The van der Waals surface area contributed by atoms with Crippen LogP contribution in [0.2, 0.25) is 0 Å². The van der Waals surface area contributed by atoms with Crippen LogP contribution in [0.4, 0.5) is 5.69 Å². The maximum atomic E-state index is 5.24. The second-order valence-corrected chi connectivity index (χ2v) is 2.01. The lowest BCUT2D eigenvalue weighted by atomic mass is 10.3. The van der Waals surface area contributed by atoms with Crippen LogP contribution in [0.25, 0.3) is 11.2 Å². The summed E-state index contributed by atoms with van der Waals surface area (Å²) in [6, 6.07) is 5.90. The molecular formula is C7H7NO. The molecule has 2 aromatic rings. The van der Waals surface area contributed by atoms with E-state index in [0.717, 1.165) is 16.9 Å². The molecule has 0 aromatic carbocycles. The van der Waals surface area contributed by atoms with Gasteiger partial charge in [-0.3, -0.25) is 0 Å². The highest BCUT2D eigenvalue weighted by molar-refractivity contribution is 5.78. The average Bonchev–Trinajstić information content (AvgIpc) is 2.45. The first kappa shape index (κ1) is 4.68. The second-order valence-electron chi connectivity index (χ2n) is 2.01. The normalized spacial score (nSPS) is 10.8. The average molecular weight is 121 g/mol. The fourth-order valence-corrected chi connectivity index (χ4v) is 0.984. The highest BCUT2D eigenvalue weighted by atomic mass is 16.3. The third-order valence-corrected chi connectivity index (χ3v) is 1.45. The molecule has 0 aliphatic rings. The van der Waals surface area contributed by atoms with Crippen LogP contribution in [-0.2, 0) is 0 Å². The molecule has 0 aliphatic heterocycles. The van der Waals surface area contributed by atoms with E-state index in [-0.39, 0.29) is 0 Å². The van der Waals surface area contributed by atoms with Crippen molar-refractivity contribution in [2.75, 3.05) is 12.4 Å². The maximum Gasteiger partial charge on any atom is 0.150 e. The van der Waals surface area contributed by atoms with Crippen molar-refractivity contribution in [2.24, 2.45) is 0 Å². The summed E-state index contributed by atoms with van der Waals surface area (Å²) in [5.74, 6) is 0. The lowest BCUT2D eigenvalue weighted by Crippen LogP contribution is -1.83. The Morgan fingerprint density at radius 2 is 2.33 bits per heavy atom. The summed E-state index contributed by atoms with van der Waals surface area (Å²) in [4.78, 5) is 0. The highest BCUT2D eigenvalue weighted by Gasteiger charge is 2.02. The Bertz CT molecular complexity index is 299. The van der Waals surface area contributed by atoms with Gasteiger partial charge < -0.3 is 9.73 Å². The third kappa shape index (κ3) is 0.499. The van der Waals surface area contributed by atoms with Gasteiger partial charge in [0.15, 0.2) is 5.58 Å². The van der Waals surface area contributed by atoms with Crippen LogP contribution in [0.1, 0.15) is 0 Å². The SMILES string of the molecule is CNc1cc2ccc1o2. The first-order valence-corrected chi connectivity index (χ1v) is 2.90. The first-order chi connectivity index (χ1) is 4.40. The fraction of sp³-hybridized carbons (Fsp3) is 0.143. The van der Waals surface area contributed by atoms with Crippen LogP contribution in [-0.4, -0.2) is 7.05 Å². The van der Waals surface area contributed by atoms with Crippen molar-refractivity contribution in [1.29, 1.82) is 0 Å². The topological polar surface area (TPSA) is 25.2 Å². The van der Waals surface area contributed by atoms with E-state index >= 15 is 0 Å². The summed E-state index contributed by atoms with van der Waals surface area (Å²) in [5, 5.41) is 3.02. The van der Waals surface area contributed by atoms with Crippen molar-refractivity contribution in [3.05, 3.63) is 18.2 Å². The zero-order chi connectivity index (χ0) is 6.27. The minimum Gasteiger partial charge on any atom is -0.455 e. The molecule has 0 saturated heterocycles. The Morgan fingerprint density at radius 1 is 1.44 bits per heavy atom. The number of nitrogens with one attached hydrogen (secondary N) is 1. The predicted octanol–water partition coefficient (Wildman–Crippen LogP) is 1.91. The van der Waals surface area contributed by atoms with E-state index in [2.05, 4.69) is 5.32 Å². The molecule has 0 aliphatic carbocycles. The predicted molar refractivity (Wildman–Crippen MR) is 36.9 cm³/mol. The Hall–Kier alpha value is -1.18. The van der Waals surface area contributed by atoms with Gasteiger partial charge in [-0.05, 0) is 12.1 Å². The van der Waals surface area contributed by atoms with E-state index in [9.17, 15) is 0 Å². The Balaban J connectivity index is 2.72. The highest BCUT2D eigenvalue weighted by Crippen LogP contribution is 2.25. The van der Waals surface area contributed by atoms with Gasteiger partial charge in [0, 0.05) is 13.1 Å². The molecule has 46 valence electrons. The second kappa shape index (κ2) is 1.41. The molecule has 0 atom stereocenters. The first-order valence-electron chi connectivity index (χ1n) is 2.90. The number of hydrogen-bond acceptors (Lipinski definition) is 2. The molecule has 0 saturated carbocycles. The van der Waals surface area contributed by atoms with E-state index in [1.807, 2.05) is 25.2 Å². The van der Waals surface area contributed by atoms with Gasteiger partial charge >= 0.3 is 0 Å². The van der Waals surface area contributed by atoms with E-state index in [0.29, 0.717) is 0 Å². The smallest absolute Gasteiger partial charge is 0.150 e. The molecule has 2 bridgehead atoms. The number of hydrogen-bond donors (Lipinski definition) is 1. The van der Waals surface area contributed by atoms with Gasteiger partial charge in [0.25, 0.3) is 0 Å². The lowest BCUT2D eigenvalue weighted by molar-refractivity contribution is 0.676. The molecule has 2 aromatic heterocycles. The summed E-state index contributed by atoms with van der Waals surface area (Å²) >= 11 is 0. The zero-order valence-corrected chi connectivity index (χ0v) is 5.14. The standard InChI is InChI=1S/C7H7NO/c1-8-6-4-5-2-3-7(6)9-5/h2-4,8H,1H3. The number of fused-ring (bicyclic) bond motifs is 2. The Morgan fingerprint density at radius 3 is 2.67 bits per heavy atom. The molecule has 0 radical (unpaired) electrons. The van der Waals surface area contributed by atoms with Crippen molar-refractivity contribution in [2.45, 2.75) is 0 Å². The minimum absolute atomic E-state index is 0.938. The van der Waals surface area contributed by atoms with Gasteiger partial charge in [0.1, 0.15) is 5.58 Å². The summed E-state index contributed by atoms with van der Waals surface area (Å²) in [6.07, 6.45) is 0. The van der Waals surface area contributed by atoms with Crippen molar-refractivity contribution < 1.29 is 4.42 Å². The molecule has 0 unspecified atom stereocenters. The van der Waals surface area contributed by atoms with Crippen LogP contribution < -0.4 is 5.32 Å². The molecule has 0 fully saturated rings. The van der Waals surface area contributed by atoms with Crippen molar-refractivity contribution in [3.63, 3.8) is 0 Å². The van der Waals surface area contributed by atoms with E-state index in [1.54, 1.807) is 0 Å². The molecule has 2 heteroatoms. The van der Waals surface area contributed by atoms with Gasteiger partial charge in [-0.2, -0.15) is 0 Å². The van der Waals surface area contributed by atoms with Gasteiger partial charge in [-0.1, -0.05) is 0 Å². The molecule has 9 heavy (non-hydrogen) atoms. The molecule has 2 rings (SSSR count). The van der Waals surface area contributed by atoms with Crippen LogP contribution in [0.3, 0.4) is 0 Å². The Kier molecular flexibility index (Phi) is 0.730. The molecule has 0 spiro atoms. The number of benzene rings is 1. The van der Waals surface area contributed by atoms with Crippen LogP contribution in [0.15, 0.2) is 22.6 Å². The number of rotatable bonds is 1. The van der Waals surface area contributed by atoms with Gasteiger partial charge in [-0.25, -0.2) is 0 Å². The molecule has 1 N–H and O–H groups in total. The molecule has 0 amide bonds. The van der Waals surface area contributed by atoms with Crippen molar-refractivity contribution in [3.8, 4) is 0 Å². The molecule has 2 nitrogen and oxygen atoms in total. The number of furan rings is 2. The monoisotopic (exact) mass is 121 g/mol. The van der Waals surface area contributed by atoms with Crippen molar-refractivity contribution in [1.82, 2.24) is 0 Å². The van der Waals surface area contributed by atoms with Crippen LogP contribution >= 0.6 is 0 Å². The maximum absolute atomic E-state index is 5.24. The van der Waals surface area contributed by atoms with Gasteiger partial charge in [-0.15, -0.1) is 0 Å². The Labute approximate surface area is 52.8 Å². The van der Waals surface area contributed by atoms with E-state index in [1.165, 1.54) is 0 Å². The summed E-state index contributed by atoms with van der Waals surface area (Å²) in [7, 11) is 1.89. The fourth-order valence-electron chi connectivity index (χ4n) is 0.984. The number of anilines is 1. The molecule has 2 heterocycles. The van der Waals surface area contributed by atoms with E-state index in [4.69, 9.17) is 4.42 Å². The largest absolute Gasteiger partial charge is 0.455 e. The van der Waals surface area contributed by atoms with Crippen LogP contribution in [0, 0.1) is 0 Å². The minimum atomic E-state index is 0.938. The summed E-state index contributed by atoms with van der Waals surface area (Å²) in [5.41, 5.74) is 2.95. The van der Waals surface area contributed by atoms with Gasteiger partial charge in [0.05, 0.1) is 5.69 Å². The van der Waals surface area contributed by atoms with Crippen LogP contribution in [0.5, 0.6) is 0 Å². The van der Waals surface area contributed by atoms with Crippen molar-refractivity contribution >= 4 is 16.9 Å². The van der Waals surface area contributed by atoms with E-state index < -0.39 is 0 Å². The summed E-state index contributed by atoms with van der Waals surface area (Å²) < 4.78 is 5.24. The lowest BCUT2D eigenvalue weighted by Gasteiger charge is -1.90. The third-order valence-electron chi connectivity index (χ3n) is 1.45. The zero-order valence-electron chi connectivity index (χ0n) is 5.14. The van der Waals surface area contributed by atoms with Gasteiger partial charge in [0.2, 0.25) is 0 Å². The summed E-state index contributed by atoms with van der Waals surface area (Å²) in [6.45, 7) is 0. The molecular weight excluding hydrogens is 114 g/mol.